The average molecular weight is 352 g/mol. The highest BCUT2D eigenvalue weighted by atomic mass is 16.6. The second-order valence-electron chi connectivity index (χ2n) is 5.64. The molecule has 0 bridgehead atoms. The first-order chi connectivity index (χ1) is 12.2. The summed E-state index contributed by atoms with van der Waals surface area (Å²) in [5.41, 5.74) is 0.844. The smallest absolute Gasteiger partial charge is 0.332 e. The summed E-state index contributed by atoms with van der Waals surface area (Å²) < 4.78 is 20.1. The zero-order valence-corrected chi connectivity index (χ0v) is 15.1. The summed E-state index contributed by atoms with van der Waals surface area (Å²) in [6, 6.07) is 7.20. The minimum absolute atomic E-state index is 0.147. The number of carbonyl (C=O) groups is 2. The van der Waals surface area contributed by atoms with Crippen LogP contribution in [0.1, 0.15) is 44.6 Å². The fourth-order valence-corrected chi connectivity index (χ4v) is 2.08. The van der Waals surface area contributed by atoms with Gasteiger partial charge in [0.25, 0.3) is 0 Å². The van der Waals surface area contributed by atoms with Gasteiger partial charge in [-0.15, -0.1) is 0 Å². The van der Waals surface area contributed by atoms with Gasteiger partial charge in [0.2, 0.25) is 0 Å². The lowest BCUT2D eigenvalue weighted by atomic mass is 10.2. The molecule has 0 spiro atoms. The van der Waals surface area contributed by atoms with E-state index in [2.05, 4.69) is 6.92 Å². The van der Waals surface area contributed by atoms with Gasteiger partial charge in [-0.1, -0.05) is 44.7 Å². The van der Waals surface area contributed by atoms with Gasteiger partial charge in [0.05, 0.1) is 13.7 Å². The van der Waals surface area contributed by atoms with E-state index in [-0.39, 0.29) is 19.8 Å². The second-order valence-corrected chi connectivity index (χ2v) is 5.64. The monoisotopic (exact) mass is 352 g/mol. The normalized spacial score (nSPS) is 10.3. The summed E-state index contributed by atoms with van der Waals surface area (Å²) in [6.45, 7) is 2.18. The summed E-state index contributed by atoms with van der Waals surface area (Å²) in [7, 11) is 1.59. The highest BCUT2D eigenvalue weighted by Crippen LogP contribution is 2.11. The van der Waals surface area contributed by atoms with Crippen molar-refractivity contribution < 1.29 is 28.5 Å². The van der Waals surface area contributed by atoms with Crippen LogP contribution in [-0.4, -0.2) is 38.9 Å². The van der Waals surface area contributed by atoms with Crippen LogP contribution >= 0.6 is 0 Å². The number of esters is 2. The van der Waals surface area contributed by atoms with Crippen molar-refractivity contribution >= 4 is 11.9 Å². The van der Waals surface area contributed by atoms with Crippen molar-refractivity contribution in [2.45, 2.75) is 45.6 Å². The molecular formula is C19H28O6. The second kappa shape index (κ2) is 13.2. The van der Waals surface area contributed by atoms with Gasteiger partial charge in [-0.3, -0.25) is 0 Å². The third kappa shape index (κ3) is 10.4. The minimum Gasteiger partial charge on any atom is -0.497 e. The lowest BCUT2D eigenvalue weighted by Crippen LogP contribution is -2.18. The molecule has 140 valence electrons. The molecule has 0 N–H and O–H groups in total. The molecule has 0 saturated carbocycles. The number of ether oxygens (including phenoxy) is 4. The molecule has 1 aromatic rings. The summed E-state index contributed by atoms with van der Waals surface area (Å²) in [5.74, 6) is -0.246. The molecule has 0 aliphatic carbocycles. The Hall–Kier alpha value is -2.08. The molecule has 0 amide bonds. The summed E-state index contributed by atoms with van der Waals surface area (Å²) in [5, 5.41) is 0. The highest BCUT2D eigenvalue weighted by Gasteiger charge is 2.08. The Morgan fingerprint density at radius 3 is 2.16 bits per heavy atom. The fourth-order valence-electron chi connectivity index (χ4n) is 2.08. The van der Waals surface area contributed by atoms with E-state index in [9.17, 15) is 9.59 Å². The molecule has 0 radical (unpaired) electrons. The van der Waals surface area contributed by atoms with Gasteiger partial charge in [0.15, 0.2) is 0 Å². The van der Waals surface area contributed by atoms with Crippen LogP contribution in [0.15, 0.2) is 24.3 Å². The fraction of sp³-hybridized carbons (Fsp3) is 0.579. The van der Waals surface area contributed by atoms with Gasteiger partial charge in [0.1, 0.15) is 25.6 Å². The molecule has 1 aromatic carbocycles. The van der Waals surface area contributed by atoms with Crippen LogP contribution < -0.4 is 4.74 Å². The molecule has 1 rings (SSSR count). The predicted octanol–water partition coefficient (Wildman–Crippen LogP) is 3.27. The topological polar surface area (TPSA) is 71.1 Å². The van der Waals surface area contributed by atoms with E-state index in [1.54, 1.807) is 19.2 Å². The molecule has 0 aliphatic rings. The molecule has 6 heteroatoms. The van der Waals surface area contributed by atoms with Crippen LogP contribution in [0.2, 0.25) is 0 Å². The number of unbranched alkanes of at least 4 members (excludes halogenated alkanes) is 4. The standard InChI is InChI=1S/C19H28O6/c1-3-4-5-6-7-12-24-18(20)14-23-15-19(21)25-13-16-8-10-17(22-2)11-9-16/h8-11H,3-7,12-15H2,1-2H3. The maximum atomic E-state index is 11.6. The number of hydrogen-bond acceptors (Lipinski definition) is 6. The van der Waals surface area contributed by atoms with Crippen LogP contribution in [0.4, 0.5) is 0 Å². The Balaban J connectivity index is 2.04. The Morgan fingerprint density at radius 2 is 1.52 bits per heavy atom. The molecule has 0 aliphatic heterocycles. The molecular weight excluding hydrogens is 324 g/mol. The molecule has 0 unspecified atom stereocenters. The number of methoxy groups -OCH3 is 1. The largest absolute Gasteiger partial charge is 0.497 e. The van der Waals surface area contributed by atoms with E-state index in [0.29, 0.717) is 6.61 Å². The van der Waals surface area contributed by atoms with Gasteiger partial charge in [-0.05, 0) is 24.1 Å². The zero-order valence-electron chi connectivity index (χ0n) is 15.1. The van der Waals surface area contributed by atoms with E-state index < -0.39 is 11.9 Å². The van der Waals surface area contributed by atoms with E-state index >= 15 is 0 Å². The Bertz CT molecular complexity index is 497. The maximum absolute atomic E-state index is 11.6. The van der Waals surface area contributed by atoms with Crippen LogP contribution in [0.25, 0.3) is 0 Å². The third-order valence-corrected chi connectivity index (χ3v) is 3.51. The Morgan fingerprint density at radius 1 is 0.880 bits per heavy atom. The Labute approximate surface area is 149 Å². The van der Waals surface area contributed by atoms with Crippen LogP contribution in [-0.2, 0) is 30.4 Å². The van der Waals surface area contributed by atoms with E-state index in [0.717, 1.165) is 30.6 Å². The number of hydrogen-bond donors (Lipinski definition) is 0. The lowest BCUT2D eigenvalue weighted by Gasteiger charge is -2.07. The van der Waals surface area contributed by atoms with Gasteiger partial charge < -0.3 is 18.9 Å². The quantitative estimate of drug-likeness (QED) is 0.401. The maximum Gasteiger partial charge on any atom is 0.332 e. The summed E-state index contributed by atoms with van der Waals surface area (Å²) in [4.78, 5) is 23.0. The van der Waals surface area contributed by atoms with E-state index in [1.165, 1.54) is 12.8 Å². The van der Waals surface area contributed by atoms with Crippen molar-refractivity contribution in [2.75, 3.05) is 26.9 Å². The van der Waals surface area contributed by atoms with Crippen molar-refractivity contribution in [1.82, 2.24) is 0 Å². The van der Waals surface area contributed by atoms with Gasteiger partial charge >= 0.3 is 11.9 Å². The molecule has 6 nitrogen and oxygen atoms in total. The van der Waals surface area contributed by atoms with E-state index in [4.69, 9.17) is 18.9 Å². The van der Waals surface area contributed by atoms with Gasteiger partial charge in [-0.2, -0.15) is 0 Å². The molecule has 0 atom stereocenters. The van der Waals surface area contributed by atoms with Crippen molar-refractivity contribution in [1.29, 1.82) is 0 Å². The summed E-state index contributed by atoms with van der Waals surface area (Å²) >= 11 is 0. The highest BCUT2D eigenvalue weighted by molar-refractivity contribution is 5.73. The van der Waals surface area contributed by atoms with Crippen molar-refractivity contribution in [3.8, 4) is 5.75 Å². The summed E-state index contributed by atoms with van der Waals surface area (Å²) in [6.07, 6.45) is 5.46. The molecule has 25 heavy (non-hydrogen) atoms. The van der Waals surface area contributed by atoms with Gasteiger partial charge in [-0.25, -0.2) is 9.59 Å². The molecule has 0 heterocycles. The van der Waals surface area contributed by atoms with Crippen molar-refractivity contribution in [3.63, 3.8) is 0 Å². The predicted molar refractivity (Wildman–Crippen MR) is 93.3 cm³/mol. The SMILES string of the molecule is CCCCCCCOC(=O)COCC(=O)OCc1ccc(OC)cc1. The Kier molecular flexibility index (Phi) is 11.1. The lowest BCUT2D eigenvalue weighted by molar-refractivity contribution is -0.156. The minimum atomic E-state index is -0.525. The number of benzene rings is 1. The number of rotatable bonds is 13. The molecule has 0 saturated heterocycles. The third-order valence-electron chi connectivity index (χ3n) is 3.51. The molecule has 0 aromatic heterocycles. The van der Waals surface area contributed by atoms with Crippen molar-refractivity contribution in [2.24, 2.45) is 0 Å². The first kappa shape index (κ1) is 21.0. The van der Waals surface area contributed by atoms with Crippen LogP contribution in [0, 0.1) is 0 Å². The van der Waals surface area contributed by atoms with Crippen LogP contribution in [0.3, 0.4) is 0 Å². The van der Waals surface area contributed by atoms with Crippen LogP contribution in [0.5, 0.6) is 5.75 Å². The zero-order chi connectivity index (χ0) is 18.3. The average Bonchev–Trinajstić information content (AvgIpc) is 2.63. The van der Waals surface area contributed by atoms with Crippen molar-refractivity contribution in [3.05, 3.63) is 29.8 Å². The van der Waals surface area contributed by atoms with Gasteiger partial charge in [0, 0.05) is 0 Å². The first-order valence-electron chi connectivity index (χ1n) is 8.67. The molecule has 0 fully saturated rings. The number of carbonyl (C=O) groups excluding carboxylic acids is 2. The van der Waals surface area contributed by atoms with E-state index in [1.807, 2.05) is 12.1 Å². The first-order valence-corrected chi connectivity index (χ1v) is 8.67.